The third kappa shape index (κ3) is 4.06. The fourth-order valence-corrected chi connectivity index (χ4v) is 5.55. The van der Waals surface area contributed by atoms with E-state index < -0.39 is 11.1 Å². The van der Waals surface area contributed by atoms with Crippen molar-refractivity contribution in [2.24, 2.45) is 5.92 Å². The predicted molar refractivity (Wildman–Crippen MR) is 103 cm³/mol. The molecule has 1 amide bonds. The maximum absolute atomic E-state index is 12.7. The van der Waals surface area contributed by atoms with Crippen molar-refractivity contribution in [2.45, 2.75) is 47.9 Å². The maximum Gasteiger partial charge on any atom is 0.427 e. The Labute approximate surface area is 169 Å². The van der Waals surface area contributed by atoms with Crippen LogP contribution in [0, 0.1) is 5.92 Å². The Morgan fingerprint density at radius 3 is 2.50 bits per heavy atom. The van der Waals surface area contributed by atoms with Gasteiger partial charge in [-0.2, -0.15) is 17.5 Å². The maximum atomic E-state index is 12.7. The number of alkyl halides is 3. The summed E-state index contributed by atoms with van der Waals surface area (Å²) in [5.74, 6) is 0.432. The molecule has 2 aromatic rings. The van der Waals surface area contributed by atoms with Crippen LogP contribution in [0.4, 0.5) is 13.2 Å². The number of carbonyl (C=O) groups excluding carboxylic acids is 1. The van der Waals surface area contributed by atoms with Gasteiger partial charge in [0.25, 0.3) is 5.91 Å². The average Bonchev–Trinajstić information content (AvgIpc) is 3.14. The Bertz CT molecular complexity index is 843. The van der Waals surface area contributed by atoms with Crippen LogP contribution in [0.3, 0.4) is 0 Å². The molecule has 1 aromatic carbocycles. The van der Waals surface area contributed by atoms with E-state index in [2.05, 4.69) is 21.5 Å². The van der Waals surface area contributed by atoms with Gasteiger partial charge in [-0.15, -0.1) is 0 Å². The van der Waals surface area contributed by atoms with E-state index in [1.54, 1.807) is 24.3 Å². The summed E-state index contributed by atoms with van der Waals surface area (Å²) in [6.07, 6.45) is -2.12. The number of nitrogens with one attached hydrogen (secondary N) is 1. The number of benzene rings is 1. The van der Waals surface area contributed by atoms with E-state index in [0.717, 1.165) is 48.7 Å². The lowest BCUT2D eigenvalue weighted by Gasteiger charge is -2.49. The van der Waals surface area contributed by atoms with E-state index in [4.69, 9.17) is 0 Å². The van der Waals surface area contributed by atoms with E-state index in [1.807, 2.05) is 0 Å². The minimum atomic E-state index is -4.37. The van der Waals surface area contributed by atoms with Crippen LogP contribution in [0.2, 0.25) is 0 Å². The highest BCUT2D eigenvalue weighted by atomic mass is 32.2. The molecule has 0 aliphatic carbocycles. The lowest BCUT2D eigenvalue weighted by atomic mass is 9.79. The highest BCUT2D eigenvalue weighted by molar-refractivity contribution is 7.99. The molecule has 2 bridgehead atoms. The number of nitrogens with zero attached hydrogens (tertiary/aromatic N) is 2. The van der Waals surface area contributed by atoms with Gasteiger partial charge in [-0.25, -0.2) is 0 Å². The number of piperidine rings is 3. The highest BCUT2D eigenvalue weighted by Gasteiger charge is 2.40. The Morgan fingerprint density at radius 2 is 1.93 bits per heavy atom. The van der Waals surface area contributed by atoms with Gasteiger partial charge in [0.15, 0.2) is 0 Å². The molecule has 2 unspecified atom stereocenters. The van der Waals surface area contributed by atoms with E-state index >= 15 is 0 Å². The minimum absolute atomic E-state index is 0.102. The van der Waals surface area contributed by atoms with Crippen molar-refractivity contribution in [1.82, 2.24) is 14.6 Å². The third-order valence-corrected chi connectivity index (χ3v) is 7.46. The average molecular weight is 428 g/mol. The molecule has 1 N–H and O–H groups in total. The van der Waals surface area contributed by atoms with Gasteiger partial charge >= 0.3 is 6.18 Å². The number of halogens is 3. The van der Waals surface area contributed by atoms with Crippen LogP contribution in [0.5, 0.6) is 0 Å². The van der Waals surface area contributed by atoms with Gasteiger partial charge < -0.3 is 5.32 Å². The van der Waals surface area contributed by atoms with Crippen LogP contribution in [-0.4, -0.2) is 40.4 Å². The first-order valence-electron chi connectivity index (χ1n) is 9.18. The SMILES string of the molecule is CC1C(NC(=O)c2ccc(Sc3cc(C(F)(F)F)sn3)cc2)C2CCN1CC2. The summed E-state index contributed by atoms with van der Waals surface area (Å²) in [7, 11) is 0. The summed E-state index contributed by atoms with van der Waals surface area (Å²) >= 11 is 1.60. The molecule has 0 radical (unpaired) electrons. The lowest BCUT2D eigenvalue weighted by Crippen LogP contribution is -2.62. The number of aromatic nitrogens is 1. The van der Waals surface area contributed by atoms with Crippen molar-refractivity contribution in [3.05, 3.63) is 40.8 Å². The number of hydrogen-bond acceptors (Lipinski definition) is 5. The van der Waals surface area contributed by atoms with Gasteiger partial charge in [0.05, 0.1) is 0 Å². The number of rotatable bonds is 4. The zero-order valence-electron chi connectivity index (χ0n) is 15.2. The second-order valence-corrected chi connectivity index (χ2v) is 9.17. The summed E-state index contributed by atoms with van der Waals surface area (Å²) in [6, 6.07) is 8.46. The van der Waals surface area contributed by atoms with Crippen molar-refractivity contribution < 1.29 is 18.0 Å². The zero-order chi connectivity index (χ0) is 19.9. The van der Waals surface area contributed by atoms with Gasteiger partial charge in [-0.05, 0) is 80.6 Å². The molecular weight excluding hydrogens is 407 g/mol. The van der Waals surface area contributed by atoms with E-state index in [-0.39, 0.29) is 11.9 Å². The number of hydrogen-bond donors (Lipinski definition) is 1. The summed E-state index contributed by atoms with van der Waals surface area (Å²) < 4.78 is 41.9. The van der Waals surface area contributed by atoms with Gasteiger partial charge in [0, 0.05) is 22.5 Å². The van der Waals surface area contributed by atoms with Crippen LogP contribution in [-0.2, 0) is 6.18 Å². The smallest absolute Gasteiger partial charge is 0.347 e. The molecule has 4 nitrogen and oxygen atoms in total. The molecule has 0 saturated carbocycles. The highest BCUT2D eigenvalue weighted by Crippen LogP contribution is 2.37. The summed E-state index contributed by atoms with van der Waals surface area (Å²) in [6.45, 7) is 4.38. The Kier molecular flexibility index (Phi) is 5.41. The molecule has 28 heavy (non-hydrogen) atoms. The molecule has 0 spiro atoms. The Morgan fingerprint density at radius 1 is 1.25 bits per heavy atom. The van der Waals surface area contributed by atoms with Crippen molar-refractivity contribution >= 4 is 29.2 Å². The molecule has 3 saturated heterocycles. The fourth-order valence-electron chi connectivity index (χ4n) is 4.02. The van der Waals surface area contributed by atoms with Crippen LogP contribution in [0.25, 0.3) is 0 Å². The number of amides is 1. The normalized spacial score (nSPS) is 27.0. The van der Waals surface area contributed by atoms with Crippen LogP contribution in [0.15, 0.2) is 40.3 Å². The van der Waals surface area contributed by atoms with E-state index in [9.17, 15) is 18.0 Å². The second-order valence-electron chi connectivity index (χ2n) is 7.27. The first kappa shape index (κ1) is 19.7. The quantitative estimate of drug-likeness (QED) is 0.779. The molecule has 9 heteroatoms. The first-order chi connectivity index (χ1) is 13.3. The monoisotopic (exact) mass is 427 g/mol. The Hall–Kier alpha value is -1.58. The number of carbonyl (C=O) groups is 1. The lowest BCUT2D eigenvalue weighted by molar-refractivity contribution is -0.134. The molecule has 3 aliphatic heterocycles. The van der Waals surface area contributed by atoms with Crippen LogP contribution >= 0.6 is 23.3 Å². The molecule has 3 fully saturated rings. The summed E-state index contributed by atoms with van der Waals surface area (Å²) in [5, 5.41) is 3.48. The molecule has 1 aromatic heterocycles. The topological polar surface area (TPSA) is 45.2 Å². The van der Waals surface area contributed by atoms with Crippen molar-refractivity contribution in [2.75, 3.05) is 13.1 Å². The van der Waals surface area contributed by atoms with Crippen molar-refractivity contribution in [1.29, 1.82) is 0 Å². The molecule has 5 rings (SSSR count). The minimum Gasteiger partial charge on any atom is -0.347 e. The van der Waals surface area contributed by atoms with Gasteiger partial charge in [-0.1, -0.05) is 11.8 Å². The van der Waals surface area contributed by atoms with Gasteiger partial charge in [0.1, 0.15) is 9.90 Å². The number of fused-ring (bicyclic) bond motifs is 3. The Balaban J connectivity index is 1.39. The summed E-state index contributed by atoms with van der Waals surface area (Å²) in [4.78, 5) is 15.1. The fraction of sp³-hybridized carbons (Fsp3) is 0.474. The first-order valence-corrected chi connectivity index (χ1v) is 10.8. The molecule has 2 atom stereocenters. The van der Waals surface area contributed by atoms with Crippen LogP contribution < -0.4 is 5.32 Å². The van der Waals surface area contributed by atoms with E-state index in [1.165, 1.54) is 0 Å². The van der Waals surface area contributed by atoms with Crippen molar-refractivity contribution in [3.8, 4) is 0 Å². The molecular formula is C19H20F3N3OS2. The molecule has 3 aliphatic rings. The second kappa shape index (κ2) is 7.68. The predicted octanol–water partition coefficient (Wildman–Crippen LogP) is 4.53. The third-order valence-electron chi connectivity index (χ3n) is 5.58. The summed E-state index contributed by atoms with van der Waals surface area (Å²) in [5.41, 5.74) is 0.558. The van der Waals surface area contributed by atoms with Crippen LogP contribution in [0.1, 0.15) is 35.0 Å². The standard InChI is InChI=1S/C19H20F3N3OS2/c1-11-17(12-6-8-25(11)9-7-12)23-18(26)13-2-4-14(5-3-13)27-16-10-15(28-24-16)19(20,21)22/h2-5,10-12,17H,6-9H2,1H3,(H,23,26). The largest absolute Gasteiger partial charge is 0.427 e. The van der Waals surface area contributed by atoms with E-state index in [0.29, 0.717) is 34.1 Å². The molecule has 150 valence electrons. The van der Waals surface area contributed by atoms with Gasteiger partial charge in [-0.3, -0.25) is 9.69 Å². The van der Waals surface area contributed by atoms with Gasteiger partial charge in [0.2, 0.25) is 0 Å². The zero-order valence-corrected chi connectivity index (χ0v) is 16.8. The molecule has 4 heterocycles. The van der Waals surface area contributed by atoms with Crippen molar-refractivity contribution in [3.63, 3.8) is 0 Å².